The molecule has 1 aromatic heterocycles. The zero-order valence-electron chi connectivity index (χ0n) is 15.2. The van der Waals surface area contributed by atoms with Crippen LogP contribution in [0.2, 0.25) is 0 Å². The minimum atomic E-state index is -0.397. The van der Waals surface area contributed by atoms with Crippen LogP contribution in [0.5, 0.6) is 0 Å². The monoisotopic (exact) mass is 386 g/mol. The minimum Gasteiger partial charge on any atom is -0.368 e. The molecule has 1 N–H and O–H groups in total. The molecule has 0 bridgehead atoms. The number of aryl methyl sites for hydroxylation is 1. The molecule has 0 unspecified atom stereocenters. The first-order valence-corrected chi connectivity index (χ1v) is 10.1. The fourth-order valence-electron chi connectivity index (χ4n) is 3.60. The van der Waals surface area contributed by atoms with Gasteiger partial charge in [0.1, 0.15) is 11.1 Å². The molecule has 2 aromatic rings. The Balaban J connectivity index is 1.45. The molecule has 1 aromatic carbocycles. The molecule has 2 aliphatic heterocycles. The summed E-state index contributed by atoms with van der Waals surface area (Å²) in [4.78, 5) is 26.6. The van der Waals surface area contributed by atoms with Gasteiger partial charge in [0.2, 0.25) is 11.0 Å². The summed E-state index contributed by atoms with van der Waals surface area (Å²) >= 11 is 1.34. The van der Waals surface area contributed by atoms with Gasteiger partial charge in [0.25, 0.3) is 5.91 Å². The van der Waals surface area contributed by atoms with Crippen LogP contribution in [0.3, 0.4) is 0 Å². The number of benzene rings is 1. The van der Waals surface area contributed by atoms with Crippen molar-refractivity contribution in [3.8, 4) is 0 Å². The fourth-order valence-corrected chi connectivity index (χ4v) is 4.44. The highest BCUT2D eigenvalue weighted by molar-refractivity contribution is 7.15. The van der Waals surface area contributed by atoms with Crippen LogP contribution in [0.4, 0.5) is 10.8 Å². The molecule has 2 fully saturated rings. The molecule has 4 rings (SSSR count). The third-order valence-electron chi connectivity index (χ3n) is 5.03. The summed E-state index contributed by atoms with van der Waals surface area (Å²) in [6, 6.07) is 8.00. The van der Waals surface area contributed by atoms with E-state index in [2.05, 4.69) is 28.5 Å². The number of carbonyl (C=O) groups excluding carboxylic acids is 2. The molecule has 2 saturated heterocycles. The van der Waals surface area contributed by atoms with E-state index >= 15 is 0 Å². The summed E-state index contributed by atoms with van der Waals surface area (Å²) in [7, 11) is 0. The van der Waals surface area contributed by atoms with Crippen molar-refractivity contribution in [3.05, 3.63) is 34.8 Å². The number of anilines is 2. The van der Waals surface area contributed by atoms with Gasteiger partial charge in [0.15, 0.2) is 0 Å². The molecule has 142 valence electrons. The lowest BCUT2D eigenvalue weighted by molar-refractivity contribution is -0.124. The maximum absolute atomic E-state index is 12.6. The van der Waals surface area contributed by atoms with Crippen molar-refractivity contribution in [2.24, 2.45) is 0 Å². The van der Waals surface area contributed by atoms with Gasteiger partial charge in [-0.1, -0.05) is 36.5 Å². The third kappa shape index (κ3) is 3.72. The van der Waals surface area contributed by atoms with Crippen LogP contribution >= 0.6 is 11.3 Å². The van der Waals surface area contributed by atoms with Crippen LogP contribution < -0.4 is 10.2 Å². The van der Waals surface area contributed by atoms with E-state index in [1.54, 1.807) is 0 Å². The van der Waals surface area contributed by atoms with E-state index in [4.69, 9.17) is 4.74 Å². The van der Waals surface area contributed by atoms with E-state index in [0.29, 0.717) is 24.7 Å². The summed E-state index contributed by atoms with van der Waals surface area (Å²) in [6.45, 7) is 3.30. The Hall–Kier alpha value is -2.32. The number of hydrogen-bond donors (Lipinski definition) is 1. The van der Waals surface area contributed by atoms with Crippen LogP contribution in [0.15, 0.2) is 24.3 Å². The standard InChI is InChI=1S/C19H22N4O3S/c1-2-12-6-3-4-7-14(12)23-11-13(10-16(23)24)18-21-22-19(27-18)20-17(25)15-8-5-9-26-15/h3-4,6-7,13,15H,2,5,8-11H2,1H3,(H,20,22,25)/t13-,15-/m1/s1. The van der Waals surface area contributed by atoms with Crippen LogP contribution in [0, 0.1) is 0 Å². The second-order valence-electron chi connectivity index (χ2n) is 6.82. The second-order valence-corrected chi connectivity index (χ2v) is 7.83. The van der Waals surface area contributed by atoms with Crippen LogP contribution in [0.25, 0.3) is 0 Å². The van der Waals surface area contributed by atoms with Crippen molar-refractivity contribution in [2.45, 2.75) is 44.6 Å². The number of carbonyl (C=O) groups is 2. The van der Waals surface area contributed by atoms with Gasteiger partial charge in [0, 0.05) is 31.2 Å². The van der Waals surface area contributed by atoms with Crippen molar-refractivity contribution in [1.82, 2.24) is 10.2 Å². The van der Waals surface area contributed by atoms with Gasteiger partial charge < -0.3 is 9.64 Å². The summed E-state index contributed by atoms with van der Waals surface area (Å²) in [6.07, 6.45) is 2.53. The zero-order valence-corrected chi connectivity index (χ0v) is 16.0. The van der Waals surface area contributed by atoms with E-state index in [1.165, 1.54) is 11.3 Å². The Morgan fingerprint density at radius 2 is 2.22 bits per heavy atom. The zero-order chi connectivity index (χ0) is 18.8. The lowest BCUT2D eigenvalue weighted by Crippen LogP contribution is -2.26. The van der Waals surface area contributed by atoms with Gasteiger partial charge in [-0.25, -0.2) is 0 Å². The van der Waals surface area contributed by atoms with Crippen LogP contribution in [0.1, 0.15) is 42.7 Å². The van der Waals surface area contributed by atoms with Gasteiger partial charge in [0.05, 0.1) is 0 Å². The number of para-hydroxylation sites is 1. The Morgan fingerprint density at radius 3 is 3.00 bits per heavy atom. The molecule has 0 spiro atoms. The Morgan fingerprint density at radius 1 is 1.37 bits per heavy atom. The quantitative estimate of drug-likeness (QED) is 0.854. The van der Waals surface area contributed by atoms with Crippen molar-refractivity contribution >= 4 is 34.0 Å². The Labute approximate surface area is 161 Å². The van der Waals surface area contributed by atoms with Gasteiger partial charge in [-0.05, 0) is 30.9 Å². The molecule has 27 heavy (non-hydrogen) atoms. The first-order valence-electron chi connectivity index (χ1n) is 9.30. The summed E-state index contributed by atoms with van der Waals surface area (Å²) in [5.41, 5.74) is 2.14. The van der Waals surface area contributed by atoms with E-state index in [1.807, 2.05) is 23.1 Å². The first kappa shape index (κ1) is 18.1. The number of aromatic nitrogens is 2. The number of nitrogens with one attached hydrogen (secondary N) is 1. The molecule has 7 nitrogen and oxygen atoms in total. The molecule has 0 radical (unpaired) electrons. The smallest absolute Gasteiger partial charge is 0.255 e. The molecule has 2 aliphatic rings. The van der Waals surface area contributed by atoms with E-state index in [0.717, 1.165) is 35.5 Å². The normalized spacial score (nSPS) is 22.4. The number of ether oxygens (including phenoxy) is 1. The third-order valence-corrected chi connectivity index (χ3v) is 6.03. The van der Waals surface area contributed by atoms with Crippen LogP contribution in [-0.2, 0) is 20.7 Å². The minimum absolute atomic E-state index is 0.00621. The van der Waals surface area contributed by atoms with Crippen molar-refractivity contribution < 1.29 is 14.3 Å². The molecule has 8 heteroatoms. The molecule has 3 heterocycles. The molecular weight excluding hydrogens is 364 g/mol. The molecular formula is C19H22N4O3S. The fraction of sp³-hybridized carbons (Fsp3) is 0.474. The van der Waals surface area contributed by atoms with E-state index in [9.17, 15) is 9.59 Å². The van der Waals surface area contributed by atoms with Gasteiger partial charge in [-0.15, -0.1) is 10.2 Å². The molecule has 0 saturated carbocycles. The number of rotatable bonds is 5. The van der Waals surface area contributed by atoms with E-state index in [-0.39, 0.29) is 17.7 Å². The van der Waals surface area contributed by atoms with Crippen LogP contribution in [-0.4, -0.2) is 41.3 Å². The summed E-state index contributed by atoms with van der Waals surface area (Å²) < 4.78 is 5.39. The lowest BCUT2D eigenvalue weighted by Gasteiger charge is -2.19. The topological polar surface area (TPSA) is 84.4 Å². The SMILES string of the molecule is CCc1ccccc1N1C[C@H](c2nnc(NC(=O)[C@H]3CCCO3)s2)CC1=O. The van der Waals surface area contributed by atoms with E-state index < -0.39 is 6.10 Å². The van der Waals surface area contributed by atoms with Gasteiger partial charge in [-0.3, -0.25) is 14.9 Å². The maximum atomic E-state index is 12.6. The maximum Gasteiger partial charge on any atom is 0.255 e. The lowest BCUT2D eigenvalue weighted by atomic mass is 10.1. The molecule has 2 amide bonds. The highest BCUT2D eigenvalue weighted by Crippen LogP contribution is 2.35. The number of nitrogens with zero attached hydrogens (tertiary/aromatic N) is 3. The highest BCUT2D eigenvalue weighted by Gasteiger charge is 2.35. The van der Waals surface area contributed by atoms with Crippen molar-refractivity contribution in [2.75, 3.05) is 23.4 Å². The highest BCUT2D eigenvalue weighted by atomic mass is 32.1. The molecule has 0 aliphatic carbocycles. The first-order chi connectivity index (χ1) is 13.2. The number of amides is 2. The summed E-state index contributed by atoms with van der Waals surface area (Å²) in [5.74, 6) is -0.0782. The largest absolute Gasteiger partial charge is 0.368 e. The number of hydrogen-bond acceptors (Lipinski definition) is 6. The van der Waals surface area contributed by atoms with Crippen molar-refractivity contribution in [1.29, 1.82) is 0 Å². The predicted molar refractivity (Wildman–Crippen MR) is 103 cm³/mol. The second kappa shape index (κ2) is 7.74. The average molecular weight is 386 g/mol. The Bertz CT molecular complexity index is 847. The summed E-state index contributed by atoms with van der Waals surface area (Å²) in [5, 5.41) is 12.3. The predicted octanol–water partition coefficient (Wildman–Crippen LogP) is 2.74. The molecule has 2 atom stereocenters. The van der Waals surface area contributed by atoms with Gasteiger partial charge >= 0.3 is 0 Å². The van der Waals surface area contributed by atoms with Gasteiger partial charge in [-0.2, -0.15) is 0 Å². The Kier molecular flexibility index (Phi) is 5.18. The van der Waals surface area contributed by atoms with Crippen molar-refractivity contribution in [3.63, 3.8) is 0 Å². The average Bonchev–Trinajstić information content (AvgIpc) is 3.42.